The third-order valence-electron chi connectivity index (χ3n) is 6.18. The summed E-state index contributed by atoms with van der Waals surface area (Å²) in [7, 11) is 0. The smallest absolute Gasteiger partial charge is 0.0136 e. The maximum Gasteiger partial charge on any atom is 0.0136 e. The van der Waals surface area contributed by atoms with E-state index in [2.05, 4.69) is 10.2 Å². The molecule has 3 nitrogen and oxygen atoms in total. The van der Waals surface area contributed by atoms with E-state index in [0.717, 1.165) is 29.7 Å². The van der Waals surface area contributed by atoms with Gasteiger partial charge in [-0.1, -0.05) is 0 Å². The lowest BCUT2D eigenvalue weighted by molar-refractivity contribution is 0.212. The van der Waals surface area contributed by atoms with Crippen molar-refractivity contribution in [1.29, 1.82) is 0 Å². The highest BCUT2D eigenvalue weighted by Crippen LogP contribution is 2.65. The van der Waals surface area contributed by atoms with Crippen molar-refractivity contribution < 1.29 is 0 Å². The molecule has 0 aromatic rings. The molecule has 4 atom stereocenters. The quantitative estimate of drug-likeness (QED) is 0.782. The van der Waals surface area contributed by atoms with Gasteiger partial charge >= 0.3 is 0 Å². The van der Waals surface area contributed by atoms with Gasteiger partial charge in [-0.2, -0.15) is 0 Å². The predicted octanol–water partition coefficient (Wildman–Crippen LogP) is 1.04. The largest absolute Gasteiger partial charge is 0.328 e. The summed E-state index contributed by atoms with van der Waals surface area (Å²) in [5, 5.41) is 3.85. The van der Waals surface area contributed by atoms with Gasteiger partial charge in [-0.05, 0) is 68.9 Å². The molecule has 1 aliphatic heterocycles. The van der Waals surface area contributed by atoms with Gasteiger partial charge in [0, 0.05) is 25.2 Å². The normalized spacial score (nSPS) is 47.5. The molecule has 1 saturated heterocycles. The number of nitrogens with zero attached hydrogens (tertiary/aromatic N) is 1. The second-order valence-corrected chi connectivity index (χ2v) is 7.15. The maximum atomic E-state index is 5.94. The standard InChI is InChI=1S/C15H27N3/c16-12-3-6-18(7-4-12)8-5-17-15-13-10-1-2-11(9-10)14(13)15/h10-15,17H,1-9,16H2. The van der Waals surface area contributed by atoms with Crippen LogP contribution in [-0.2, 0) is 0 Å². The minimum atomic E-state index is 0.465. The van der Waals surface area contributed by atoms with Crippen molar-refractivity contribution in [3.63, 3.8) is 0 Å². The Morgan fingerprint density at radius 3 is 2.33 bits per heavy atom. The molecular weight excluding hydrogens is 222 g/mol. The summed E-state index contributed by atoms with van der Waals surface area (Å²) in [6, 6.07) is 1.37. The number of piperidine rings is 1. The third kappa shape index (κ3) is 1.91. The van der Waals surface area contributed by atoms with Gasteiger partial charge < -0.3 is 16.0 Å². The van der Waals surface area contributed by atoms with Crippen LogP contribution in [0.1, 0.15) is 32.1 Å². The van der Waals surface area contributed by atoms with Crippen LogP contribution < -0.4 is 11.1 Å². The Kier molecular flexibility index (Phi) is 2.90. The Morgan fingerprint density at radius 1 is 1.00 bits per heavy atom. The van der Waals surface area contributed by atoms with Crippen LogP contribution in [0.25, 0.3) is 0 Å². The highest BCUT2D eigenvalue weighted by atomic mass is 15.2. The molecule has 3 N–H and O–H groups in total. The average molecular weight is 249 g/mol. The fourth-order valence-electron chi connectivity index (χ4n) is 5.16. The fraction of sp³-hybridized carbons (Fsp3) is 1.00. The highest BCUT2D eigenvalue weighted by molar-refractivity contribution is 5.16. The first kappa shape index (κ1) is 11.7. The van der Waals surface area contributed by atoms with E-state index in [1.165, 1.54) is 51.9 Å². The molecule has 102 valence electrons. The molecule has 2 bridgehead atoms. The molecule has 0 aromatic carbocycles. The Morgan fingerprint density at radius 2 is 1.67 bits per heavy atom. The highest BCUT2D eigenvalue weighted by Gasteiger charge is 2.64. The van der Waals surface area contributed by atoms with Crippen LogP contribution in [0, 0.1) is 23.7 Å². The molecule has 0 spiro atoms. The maximum absolute atomic E-state index is 5.94. The summed E-state index contributed by atoms with van der Waals surface area (Å²) in [5.41, 5.74) is 5.94. The molecule has 18 heavy (non-hydrogen) atoms. The number of hydrogen-bond acceptors (Lipinski definition) is 3. The SMILES string of the molecule is NC1CCN(CCNC2C3C4CCC(C4)C23)CC1. The van der Waals surface area contributed by atoms with Crippen molar-refractivity contribution >= 4 is 0 Å². The number of fused-ring (bicyclic) bond motifs is 5. The summed E-state index contributed by atoms with van der Waals surface area (Å²) >= 11 is 0. The van der Waals surface area contributed by atoms with Crippen molar-refractivity contribution in [2.75, 3.05) is 26.2 Å². The summed E-state index contributed by atoms with van der Waals surface area (Å²) in [5.74, 6) is 4.37. The summed E-state index contributed by atoms with van der Waals surface area (Å²) in [6.45, 7) is 4.86. The number of likely N-dealkylation sites (tertiary alicyclic amines) is 1. The van der Waals surface area contributed by atoms with Crippen LogP contribution >= 0.6 is 0 Å². The van der Waals surface area contributed by atoms with E-state index in [4.69, 9.17) is 5.73 Å². The number of hydrogen-bond donors (Lipinski definition) is 2. The van der Waals surface area contributed by atoms with Gasteiger partial charge in [-0.15, -0.1) is 0 Å². The molecule has 4 aliphatic rings. The van der Waals surface area contributed by atoms with Crippen LogP contribution in [0.2, 0.25) is 0 Å². The van der Waals surface area contributed by atoms with Crippen molar-refractivity contribution in [3.8, 4) is 0 Å². The van der Waals surface area contributed by atoms with Crippen molar-refractivity contribution in [2.24, 2.45) is 29.4 Å². The molecule has 3 heteroatoms. The van der Waals surface area contributed by atoms with E-state index in [1.807, 2.05) is 0 Å². The molecule has 3 aliphatic carbocycles. The zero-order chi connectivity index (χ0) is 12.1. The molecule has 1 heterocycles. The molecule has 4 fully saturated rings. The Labute approximate surface area is 110 Å². The topological polar surface area (TPSA) is 41.3 Å². The van der Waals surface area contributed by atoms with Gasteiger partial charge in [0.25, 0.3) is 0 Å². The molecule has 3 saturated carbocycles. The van der Waals surface area contributed by atoms with Gasteiger partial charge in [0.05, 0.1) is 0 Å². The van der Waals surface area contributed by atoms with Crippen molar-refractivity contribution in [3.05, 3.63) is 0 Å². The van der Waals surface area contributed by atoms with Crippen LogP contribution in [0.15, 0.2) is 0 Å². The van der Waals surface area contributed by atoms with E-state index >= 15 is 0 Å². The number of rotatable bonds is 4. The molecule has 0 aromatic heterocycles. The number of nitrogens with one attached hydrogen (secondary N) is 1. The van der Waals surface area contributed by atoms with Gasteiger partial charge in [0.2, 0.25) is 0 Å². The van der Waals surface area contributed by atoms with E-state index in [1.54, 1.807) is 6.42 Å². The molecule has 4 unspecified atom stereocenters. The van der Waals surface area contributed by atoms with Gasteiger partial charge in [0.15, 0.2) is 0 Å². The van der Waals surface area contributed by atoms with Crippen LogP contribution in [0.3, 0.4) is 0 Å². The summed E-state index contributed by atoms with van der Waals surface area (Å²) in [6.07, 6.45) is 7.03. The first-order valence-electron chi connectivity index (χ1n) is 8.04. The minimum absolute atomic E-state index is 0.465. The minimum Gasteiger partial charge on any atom is -0.328 e. The van der Waals surface area contributed by atoms with E-state index in [-0.39, 0.29) is 0 Å². The van der Waals surface area contributed by atoms with E-state index in [9.17, 15) is 0 Å². The lowest BCUT2D eigenvalue weighted by atomic mass is 10.0. The predicted molar refractivity (Wildman–Crippen MR) is 73.3 cm³/mol. The average Bonchev–Trinajstić information content (AvgIpc) is 2.79. The third-order valence-corrected chi connectivity index (χ3v) is 6.18. The molecule has 4 rings (SSSR count). The Hall–Kier alpha value is -0.120. The monoisotopic (exact) mass is 249 g/mol. The summed E-state index contributed by atoms with van der Waals surface area (Å²) in [4.78, 5) is 2.59. The zero-order valence-corrected chi connectivity index (χ0v) is 11.4. The second kappa shape index (κ2) is 4.46. The van der Waals surface area contributed by atoms with Gasteiger partial charge in [-0.25, -0.2) is 0 Å². The van der Waals surface area contributed by atoms with E-state index in [0.29, 0.717) is 6.04 Å². The lowest BCUT2D eigenvalue weighted by Crippen LogP contribution is -2.43. The van der Waals surface area contributed by atoms with Gasteiger partial charge in [-0.3, -0.25) is 0 Å². The lowest BCUT2D eigenvalue weighted by Gasteiger charge is -2.30. The Bertz CT molecular complexity index is 295. The number of nitrogens with two attached hydrogens (primary N) is 1. The fourth-order valence-corrected chi connectivity index (χ4v) is 5.16. The van der Waals surface area contributed by atoms with Crippen molar-refractivity contribution in [1.82, 2.24) is 10.2 Å². The van der Waals surface area contributed by atoms with Crippen molar-refractivity contribution in [2.45, 2.75) is 44.2 Å². The van der Waals surface area contributed by atoms with Crippen LogP contribution in [0.5, 0.6) is 0 Å². The van der Waals surface area contributed by atoms with Crippen LogP contribution in [-0.4, -0.2) is 43.2 Å². The van der Waals surface area contributed by atoms with E-state index < -0.39 is 0 Å². The zero-order valence-electron chi connectivity index (χ0n) is 11.4. The first-order valence-corrected chi connectivity index (χ1v) is 8.04. The molecule has 0 radical (unpaired) electrons. The Balaban J connectivity index is 1.18. The summed E-state index contributed by atoms with van der Waals surface area (Å²) < 4.78 is 0. The molecular formula is C15H27N3. The second-order valence-electron chi connectivity index (χ2n) is 7.15. The van der Waals surface area contributed by atoms with Crippen LogP contribution in [0.4, 0.5) is 0 Å². The first-order chi connectivity index (χ1) is 8.83. The molecule has 0 amide bonds. The van der Waals surface area contributed by atoms with Gasteiger partial charge in [0.1, 0.15) is 0 Å².